The molecule has 0 saturated carbocycles. The fourth-order valence-electron chi connectivity index (χ4n) is 1.43. The zero-order chi connectivity index (χ0) is 14.3. The van der Waals surface area contributed by atoms with Crippen LogP contribution in [-0.4, -0.2) is 30.5 Å². The van der Waals surface area contributed by atoms with Crippen LogP contribution in [0.1, 0.15) is 12.5 Å². The minimum atomic E-state index is -0.244. The minimum absolute atomic E-state index is 0.0640. The number of aryl methyl sites for hydroxylation is 1. The van der Waals surface area contributed by atoms with Crippen molar-refractivity contribution in [1.82, 2.24) is 0 Å². The first-order chi connectivity index (χ1) is 9.02. The van der Waals surface area contributed by atoms with Crippen LogP contribution in [0.15, 0.2) is 24.3 Å². The van der Waals surface area contributed by atoms with Gasteiger partial charge in [-0.2, -0.15) is 11.8 Å². The number of methoxy groups -OCH3 is 1. The average Bonchev–Trinajstić information content (AvgIpc) is 2.40. The molecule has 1 aromatic rings. The fourth-order valence-corrected chi connectivity index (χ4v) is 2.30. The molecule has 1 aromatic carbocycles. The lowest BCUT2D eigenvalue weighted by atomic mass is 10.2. The Hall–Kier alpha value is -1.49. The van der Waals surface area contributed by atoms with E-state index in [9.17, 15) is 9.59 Å². The maximum Gasteiger partial charge on any atom is 0.309 e. The predicted octanol–water partition coefficient (Wildman–Crippen LogP) is 2.48. The van der Waals surface area contributed by atoms with Crippen molar-refractivity contribution in [3.8, 4) is 0 Å². The SMILES string of the molecule is COC(=O)C(C)CSCC(=O)Nc1ccc(C)cc1. The molecule has 104 valence electrons. The number of amides is 1. The van der Waals surface area contributed by atoms with Gasteiger partial charge in [0.05, 0.1) is 18.8 Å². The van der Waals surface area contributed by atoms with Crippen LogP contribution < -0.4 is 5.32 Å². The molecule has 19 heavy (non-hydrogen) atoms. The number of anilines is 1. The van der Waals surface area contributed by atoms with E-state index in [0.29, 0.717) is 11.5 Å². The molecule has 0 saturated heterocycles. The van der Waals surface area contributed by atoms with E-state index in [4.69, 9.17) is 0 Å². The maximum atomic E-state index is 11.7. The summed E-state index contributed by atoms with van der Waals surface area (Å²) in [6.07, 6.45) is 0. The van der Waals surface area contributed by atoms with Gasteiger partial charge in [-0.15, -0.1) is 0 Å². The van der Waals surface area contributed by atoms with E-state index in [-0.39, 0.29) is 17.8 Å². The van der Waals surface area contributed by atoms with Crippen LogP contribution in [0.2, 0.25) is 0 Å². The molecule has 0 radical (unpaired) electrons. The number of ether oxygens (including phenoxy) is 1. The Kier molecular flexibility index (Phi) is 6.42. The summed E-state index contributed by atoms with van der Waals surface area (Å²) in [7, 11) is 1.37. The van der Waals surface area contributed by atoms with Crippen LogP contribution in [-0.2, 0) is 14.3 Å². The Labute approximate surface area is 117 Å². The highest BCUT2D eigenvalue weighted by molar-refractivity contribution is 8.00. The van der Waals surface area contributed by atoms with E-state index >= 15 is 0 Å². The number of benzene rings is 1. The number of carbonyl (C=O) groups excluding carboxylic acids is 2. The highest BCUT2D eigenvalue weighted by Gasteiger charge is 2.13. The Morgan fingerprint density at radius 3 is 2.53 bits per heavy atom. The van der Waals surface area contributed by atoms with Gasteiger partial charge in [-0.1, -0.05) is 24.6 Å². The molecule has 1 amide bonds. The number of esters is 1. The number of hydrogen-bond acceptors (Lipinski definition) is 4. The van der Waals surface area contributed by atoms with Gasteiger partial charge in [-0.25, -0.2) is 0 Å². The monoisotopic (exact) mass is 281 g/mol. The number of thioether (sulfide) groups is 1. The van der Waals surface area contributed by atoms with Crippen molar-refractivity contribution in [1.29, 1.82) is 0 Å². The van der Waals surface area contributed by atoms with Gasteiger partial charge in [-0.3, -0.25) is 9.59 Å². The topological polar surface area (TPSA) is 55.4 Å². The summed E-state index contributed by atoms with van der Waals surface area (Å²) in [6, 6.07) is 7.63. The molecule has 1 atom stereocenters. The third-order valence-corrected chi connectivity index (χ3v) is 3.74. The second-order valence-electron chi connectivity index (χ2n) is 4.35. The second-order valence-corrected chi connectivity index (χ2v) is 5.38. The van der Waals surface area contributed by atoms with Crippen molar-refractivity contribution in [2.75, 3.05) is 23.9 Å². The van der Waals surface area contributed by atoms with Gasteiger partial charge in [0, 0.05) is 11.4 Å². The van der Waals surface area contributed by atoms with Crippen molar-refractivity contribution in [3.63, 3.8) is 0 Å². The first-order valence-electron chi connectivity index (χ1n) is 6.05. The number of nitrogens with one attached hydrogen (secondary N) is 1. The Bertz CT molecular complexity index is 431. The summed E-state index contributed by atoms with van der Waals surface area (Å²) in [6.45, 7) is 3.78. The van der Waals surface area contributed by atoms with Crippen molar-refractivity contribution in [2.45, 2.75) is 13.8 Å². The highest BCUT2D eigenvalue weighted by atomic mass is 32.2. The third kappa shape index (κ3) is 5.79. The van der Waals surface area contributed by atoms with Crippen LogP contribution in [0.25, 0.3) is 0 Å². The standard InChI is InChI=1S/C14H19NO3S/c1-10-4-6-12(7-5-10)15-13(16)9-19-8-11(2)14(17)18-3/h4-7,11H,8-9H2,1-3H3,(H,15,16). The molecule has 0 bridgehead atoms. The van der Waals surface area contributed by atoms with Crippen molar-refractivity contribution >= 4 is 29.3 Å². The lowest BCUT2D eigenvalue weighted by Crippen LogP contribution is -2.18. The van der Waals surface area contributed by atoms with Gasteiger partial charge in [-0.05, 0) is 19.1 Å². The summed E-state index contributed by atoms with van der Waals surface area (Å²) >= 11 is 1.42. The van der Waals surface area contributed by atoms with Crippen molar-refractivity contribution < 1.29 is 14.3 Å². The van der Waals surface area contributed by atoms with Crippen molar-refractivity contribution in [2.24, 2.45) is 5.92 Å². The normalized spacial score (nSPS) is 11.7. The van der Waals surface area contributed by atoms with E-state index in [2.05, 4.69) is 10.1 Å². The van der Waals surface area contributed by atoms with Gasteiger partial charge in [0.15, 0.2) is 0 Å². The van der Waals surface area contributed by atoms with E-state index < -0.39 is 0 Å². The van der Waals surface area contributed by atoms with Gasteiger partial charge >= 0.3 is 5.97 Å². The molecular formula is C14H19NO3S. The quantitative estimate of drug-likeness (QED) is 0.814. The predicted molar refractivity (Wildman–Crippen MR) is 78.3 cm³/mol. The van der Waals surface area contributed by atoms with Crippen LogP contribution in [0.3, 0.4) is 0 Å². The minimum Gasteiger partial charge on any atom is -0.469 e. The molecule has 4 nitrogen and oxygen atoms in total. The largest absolute Gasteiger partial charge is 0.469 e. The van der Waals surface area contributed by atoms with Crippen LogP contribution in [0, 0.1) is 12.8 Å². The molecule has 0 aliphatic rings. The molecule has 1 unspecified atom stereocenters. The first kappa shape index (κ1) is 15.6. The lowest BCUT2D eigenvalue weighted by Gasteiger charge is -2.09. The van der Waals surface area contributed by atoms with Gasteiger partial charge < -0.3 is 10.1 Å². The van der Waals surface area contributed by atoms with Crippen LogP contribution >= 0.6 is 11.8 Å². The highest BCUT2D eigenvalue weighted by Crippen LogP contribution is 2.12. The molecule has 0 aromatic heterocycles. The Balaban J connectivity index is 2.28. The Morgan fingerprint density at radius 2 is 1.95 bits per heavy atom. The maximum absolute atomic E-state index is 11.7. The van der Waals surface area contributed by atoms with Crippen LogP contribution in [0.4, 0.5) is 5.69 Å². The van der Waals surface area contributed by atoms with Gasteiger partial charge in [0.1, 0.15) is 0 Å². The molecule has 0 aliphatic carbocycles. The molecular weight excluding hydrogens is 262 g/mol. The summed E-state index contributed by atoms with van der Waals surface area (Å²) in [4.78, 5) is 22.8. The molecule has 0 fully saturated rings. The lowest BCUT2D eigenvalue weighted by molar-refractivity contribution is -0.144. The zero-order valence-corrected chi connectivity index (χ0v) is 12.3. The molecule has 1 rings (SSSR count). The smallest absolute Gasteiger partial charge is 0.309 e. The Morgan fingerprint density at radius 1 is 1.32 bits per heavy atom. The first-order valence-corrected chi connectivity index (χ1v) is 7.20. The number of carbonyl (C=O) groups is 2. The van der Waals surface area contributed by atoms with E-state index in [1.165, 1.54) is 18.9 Å². The average molecular weight is 281 g/mol. The van der Waals surface area contributed by atoms with Gasteiger partial charge in [0.2, 0.25) is 5.91 Å². The van der Waals surface area contributed by atoms with Crippen LogP contribution in [0.5, 0.6) is 0 Å². The third-order valence-electron chi connectivity index (χ3n) is 2.54. The summed E-state index contributed by atoms with van der Waals surface area (Å²) in [5.41, 5.74) is 1.94. The van der Waals surface area contributed by atoms with E-state index in [0.717, 1.165) is 11.3 Å². The number of rotatable bonds is 6. The molecule has 0 aliphatic heterocycles. The molecule has 1 N–H and O–H groups in total. The molecule has 5 heteroatoms. The summed E-state index contributed by atoms with van der Waals surface area (Å²) < 4.78 is 4.62. The molecule has 0 spiro atoms. The second kappa shape index (κ2) is 7.84. The van der Waals surface area contributed by atoms with Crippen molar-refractivity contribution in [3.05, 3.63) is 29.8 Å². The summed E-state index contributed by atoms with van der Waals surface area (Å²) in [5.74, 6) is 0.406. The zero-order valence-electron chi connectivity index (χ0n) is 11.4. The fraction of sp³-hybridized carbons (Fsp3) is 0.429. The molecule has 0 heterocycles. The summed E-state index contributed by atoms with van der Waals surface area (Å²) in [5, 5.41) is 2.81. The van der Waals surface area contributed by atoms with E-state index in [1.807, 2.05) is 31.2 Å². The number of hydrogen-bond donors (Lipinski definition) is 1. The van der Waals surface area contributed by atoms with E-state index in [1.54, 1.807) is 6.92 Å². The van der Waals surface area contributed by atoms with Gasteiger partial charge in [0.25, 0.3) is 0 Å².